The summed E-state index contributed by atoms with van der Waals surface area (Å²) < 4.78 is 18.6. The van der Waals surface area contributed by atoms with Crippen LogP contribution in [0.5, 0.6) is 5.75 Å². The summed E-state index contributed by atoms with van der Waals surface area (Å²) in [7, 11) is 1.39. The number of benzene rings is 2. The van der Waals surface area contributed by atoms with Crippen LogP contribution in [0.3, 0.4) is 0 Å². The van der Waals surface area contributed by atoms with Crippen LogP contribution in [0.4, 0.5) is 4.39 Å². The van der Waals surface area contributed by atoms with E-state index in [2.05, 4.69) is 0 Å². The van der Waals surface area contributed by atoms with Crippen LogP contribution in [0.15, 0.2) is 42.5 Å². The van der Waals surface area contributed by atoms with E-state index in [-0.39, 0.29) is 17.1 Å². The molecule has 2 rings (SSSR count). The van der Waals surface area contributed by atoms with E-state index < -0.39 is 5.97 Å². The van der Waals surface area contributed by atoms with Gasteiger partial charge < -0.3 is 9.84 Å². The van der Waals surface area contributed by atoms with E-state index in [0.717, 1.165) is 0 Å². The second-order valence-corrected chi connectivity index (χ2v) is 3.70. The second kappa shape index (κ2) is 4.87. The molecule has 2 aromatic carbocycles. The monoisotopic (exact) mass is 246 g/mol. The third kappa shape index (κ3) is 2.18. The minimum Gasteiger partial charge on any atom is -0.496 e. The summed E-state index contributed by atoms with van der Waals surface area (Å²) in [6.07, 6.45) is 0. The van der Waals surface area contributed by atoms with Crippen LogP contribution in [-0.4, -0.2) is 18.2 Å². The van der Waals surface area contributed by atoms with Crippen LogP contribution in [0.2, 0.25) is 0 Å². The third-order valence-electron chi connectivity index (χ3n) is 2.61. The zero-order chi connectivity index (χ0) is 13.1. The highest BCUT2D eigenvalue weighted by atomic mass is 19.1. The molecule has 0 fully saturated rings. The fourth-order valence-electron chi connectivity index (χ4n) is 1.74. The minimum absolute atomic E-state index is 0.0123. The number of hydrogen-bond acceptors (Lipinski definition) is 2. The van der Waals surface area contributed by atoms with Gasteiger partial charge in [0.25, 0.3) is 0 Å². The topological polar surface area (TPSA) is 46.5 Å². The first-order chi connectivity index (χ1) is 8.63. The number of halogens is 1. The molecule has 0 saturated carbocycles. The molecule has 0 spiro atoms. The number of carbonyl (C=O) groups is 1. The lowest BCUT2D eigenvalue weighted by atomic mass is 10.0. The molecule has 0 bridgehead atoms. The first-order valence-corrected chi connectivity index (χ1v) is 5.29. The maximum atomic E-state index is 13.6. The highest BCUT2D eigenvalue weighted by molar-refractivity contribution is 5.92. The summed E-state index contributed by atoms with van der Waals surface area (Å²) in [5, 5.41) is 9.06. The van der Waals surface area contributed by atoms with E-state index in [1.54, 1.807) is 24.3 Å². The normalized spacial score (nSPS) is 10.1. The van der Waals surface area contributed by atoms with E-state index in [1.807, 2.05) is 0 Å². The molecule has 0 saturated heterocycles. The Morgan fingerprint density at radius 2 is 1.94 bits per heavy atom. The lowest BCUT2D eigenvalue weighted by Gasteiger charge is -2.08. The Morgan fingerprint density at radius 1 is 1.22 bits per heavy atom. The lowest BCUT2D eigenvalue weighted by molar-refractivity contribution is 0.0693. The van der Waals surface area contributed by atoms with Crippen molar-refractivity contribution in [2.24, 2.45) is 0 Å². The van der Waals surface area contributed by atoms with Crippen molar-refractivity contribution < 1.29 is 19.0 Å². The molecule has 0 aliphatic rings. The molecular weight excluding hydrogens is 235 g/mol. The number of hydrogen-bond donors (Lipinski definition) is 1. The molecule has 0 atom stereocenters. The Balaban J connectivity index is 2.57. The predicted molar refractivity (Wildman–Crippen MR) is 65.3 cm³/mol. The maximum Gasteiger partial charge on any atom is 0.339 e. The molecule has 0 aliphatic carbocycles. The third-order valence-corrected chi connectivity index (χ3v) is 2.61. The average Bonchev–Trinajstić information content (AvgIpc) is 2.38. The Bertz CT molecular complexity index is 593. The summed E-state index contributed by atoms with van der Waals surface area (Å²) in [6, 6.07) is 10.8. The highest BCUT2D eigenvalue weighted by Crippen LogP contribution is 2.28. The number of rotatable bonds is 3. The van der Waals surface area contributed by atoms with Gasteiger partial charge in [-0.2, -0.15) is 0 Å². The zero-order valence-electron chi connectivity index (χ0n) is 9.68. The smallest absolute Gasteiger partial charge is 0.339 e. The summed E-state index contributed by atoms with van der Waals surface area (Å²) in [4.78, 5) is 11.1. The Kier molecular flexibility index (Phi) is 3.28. The van der Waals surface area contributed by atoms with Crippen LogP contribution in [0, 0.1) is 5.82 Å². The molecule has 0 amide bonds. The summed E-state index contributed by atoms with van der Waals surface area (Å²) in [5.41, 5.74) is 0.882. The van der Waals surface area contributed by atoms with Crippen molar-refractivity contribution >= 4 is 5.97 Å². The van der Waals surface area contributed by atoms with Crippen LogP contribution in [0.25, 0.3) is 11.1 Å². The molecule has 92 valence electrons. The van der Waals surface area contributed by atoms with Crippen LogP contribution < -0.4 is 4.74 Å². The highest BCUT2D eigenvalue weighted by Gasteiger charge is 2.13. The van der Waals surface area contributed by atoms with Gasteiger partial charge in [-0.25, -0.2) is 9.18 Å². The summed E-state index contributed by atoms with van der Waals surface area (Å²) >= 11 is 0. The largest absolute Gasteiger partial charge is 0.496 e. The fourth-order valence-corrected chi connectivity index (χ4v) is 1.74. The van der Waals surface area contributed by atoms with Crippen molar-refractivity contribution in [3.8, 4) is 16.9 Å². The van der Waals surface area contributed by atoms with Gasteiger partial charge in [0.1, 0.15) is 17.1 Å². The number of ether oxygens (including phenoxy) is 1. The number of carboxylic acids is 1. The molecule has 0 unspecified atom stereocenters. The number of carboxylic acid groups (broad SMARTS) is 1. The Hall–Kier alpha value is -2.36. The number of methoxy groups -OCH3 is 1. The number of aromatic carboxylic acids is 1. The molecule has 1 N–H and O–H groups in total. The second-order valence-electron chi connectivity index (χ2n) is 3.70. The summed E-state index contributed by atoms with van der Waals surface area (Å²) in [6.45, 7) is 0. The SMILES string of the molecule is COc1ccc(-c2ccccc2F)cc1C(=O)O. The van der Waals surface area contributed by atoms with Gasteiger partial charge in [-0.15, -0.1) is 0 Å². The zero-order valence-corrected chi connectivity index (χ0v) is 9.68. The van der Waals surface area contributed by atoms with Crippen molar-refractivity contribution in [3.05, 3.63) is 53.8 Å². The first kappa shape index (κ1) is 12.1. The predicted octanol–water partition coefficient (Wildman–Crippen LogP) is 3.20. The van der Waals surface area contributed by atoms with Crippen LogP contribution in [0.1, 0.15) is 10.4 Å². The van der Waals surface area contributed by atoms with Crippen molar-refractivity contribution in [1.82, 2.24) is 0 Å². The fraction of sp³-hybridized carbons (Fsp3) is 0.0714. The molecule has 0 heterocycles. The van der Waals surface area contributed by atoms with Crippen molar-refractivity contribution in [1.29, 1.82) is 0 Å². The molecule has 2 aromatic rings. The van der Waals surface area contributed by atoms with Gasteiger partial charge in [-0.3, -0.25) is 0 Å². The molecule has 4 heteroatoms. The van der Waals surface area contributed by atoms with Crippen molar-refractivity contribution in [2.75, 3.05) is 7.11 Å². The molecule has 0 aromatic heterocycles. The van der Waals surface area contributed by atoms with Gasteiger partial charge >= 0.3 is 5.97 Å². The van der Waals surface area contributed by atoms with Gasteiger partial charge in [-0.1, -0.05) is 24.3 Å². The van der Waals surface area contributed by atoms with E-state index in [0.29, 0.717) is 11.1 Å². The van der Waals surface area contributed by atoms with Crippen LogP contribution >= 0.6 is 0 Å². The van der Waals surface area contributed by atoms with E-state index in [4.69, 9.17) is 9.84 Å². The molecule has 18 heavy (non-hydrogen) atoms. The summed E-state index contributed by atoms with van der Waals surface area (Å²) in [5.74, 6) is -1.24. The molecule has 0 radical (unpaired) electrons. The van der Waals surface area contributed by atoms with Crippen molar-refractivity contribution in [2.45, 2.75) is 0 Å². The maximum absolute atomic E-state index is 13.6. The van der Waals surface area contributed by atoms with Gasteiger partial charge in [0, 0.05) is 5.56 Å². The molecule has 3 nitrogen and oxygen atoms in total. The van der Waals surface area contributed by atoms with Gasteiger partial charge in [-0.05, 0) is 23.8 Å². The molecule has 0 aliphatic heterocycles. The van der Waals surface area contributed by atoms with E-state index in [9.17, 15) is 9.18 Å². The first-order valence-electron chi connectivity index (χ1n) is 5.29. The van der Waals surface area contributed by atoms with E-state index >= 15 is 0 Å². The minimum atomic E-state index is -1.11. The van der Waals surface area contributed by atoms with Crippen molar-refractivity contribution in [3.63, 3.8) is 0 Å². The Labute approximate surface area is 103 Å². The molecular formula is C14H11FO3. The van der Waals surface area contributed by atoms with Gasteiger partial charge in [0.05, 0.1) is 7.11 Å². The van der Waals surface area contributed by atoms with E-state index in [1.165, 1.54) is 25.3 Å². The lowest BCUT2D eigenvalue weighted by Crippen LogP contribution is -2.01. The standard InChI is InChI=1S/C14H11FO3/c1-18-13-7-6-9(8-11(13)14(16)17)10-4-2-3-5-12(10)15/h2-8H,1H3,(H,16,17). The van der Waals surface area contributed by atoms with Crippen LogP contribution in [-0.2, 0) is 0 Å². The van der Waals surface area contributed by atoms with Gasteiger partial charge in [0.2, 0.25) is 0 Å². The Morgan fingerprint density at radius 3 is 2.56 bits per heavy atom. The quantitative estimate of drug-likeness (QED) is 0.904. The average molecular weight is 246 g/mol. The van der Waals surface area contributed by atoms with Gasteiger partial charge in [0.15, 0.2) is 0 Å².